The Labute approximate surface area is 153 Å². The average molecular weight is 371 g/mol. The number of nitrogens with one attached hydrogen (secondary N) is 1. The minimum absolute atomic E-state index is 0.117. The molecule has 0 saturated heterocycles. The number of ether oxygens (including phenoxy) is 1. The molecule has 138 valence electrons. The lowest BCUT2D eigenvalue weighted by atomic mass is 10.0. The fourth-order valence-electron chi connectivity index (χ4n) is 3.20. The highest BCUT2D eigenvalue weighted by Crippen LogP contribution is 2.44. The van der Waals surface area contributed by atoms with Crippen LogP contribution < -0.4 is 10.1 Å². The molecule has 1 aromatic heterocycles. The maximum atomic E-state index is 13.9. The van der Waals surface area contributed by atoms with Crippen molar-refractivity contribution in [2.24, 2.45) is 4.99 Å². The van der Waals surface area contributed by atoms with Crippen LogP contribution in [0.15, 0.2) is 41.4 Å². The molecule has 4 rings (SSSR count). The van der Waals surface area contributed by atoms with E-state index in [4.69, 9.17) is 4.74 Å². The Balaban J connectivity index is 2.15. The van der Waals surface area contributed by atoms with Gasteiger partial charge in [0.15, 0.2) is 5.71 Å². The first-order valence-corrected chi connectivity index (χ1v) is 8.31. The Morgan fingerprint density at radius 3 is 2.44 bits per heavy atom. The Morgan fingerprint density at radius 2 is 1.74 bits per heavy atom. The number of benzene rings is 2. The summed E-state index contributed by atoms with van der Waals surface area (Å²) in [7, 11) is 1.30. The van der Waals surface area contributed by atoms with Gasteiger partial charge >= 0.3 is 6.18 Å². The molecule has 0 bridgehead atoms. The molecule has 3 aromatic rings. The van der Waals surface area contributed by atoms with Gasteiger partial charge in [-0.25, -0.2) is 9.98 Å². The second-order valence-corrected chi connectivity index (χ2v) is 6.43. The average Bonchev–Trinajstić information content (AvgIpc) is 2.78. The van der Waals surface area contributed by atoms with E-state index in [9.17, 15) is 13.2 Å². The monoisotopic (exact) mass is 371 g/mol. The molecular weight excluding hydrogens is 355 g/mol. The van der Waals surface area contributed by atoms with Gasteiger partial charge in [-0.1, -0.05) is 18.2 Å². The van der Waals surface area contributed by atoms with Crippen LogP contribution in [0.3, 0.4) is 0 Å². The van der Waals surface area contributed by atoms with Gasteiger partial charge in [-0.05, 0) is 43.2 Å². The molecule has 1 N–H and O–H groups in total. The number of para-hydroxylation sites is 1. The molecule has 27 heavy (non-hydrogen) atoms. The standard InChI is InChI=1S/C20H16F3N3O/c1-10-8-14-15(9-11(10)2)25-18(20(21,22)23)16-17(24-14)12-6-4-5-7-13(12)26-19(16)27-3/h4-9,24H,1-3H3. The highest BCUT2D eigenvalue weighted by atomic mass is 19.4. The predicted molar refractivity (Wildman–Crippen MR) is 99.7 cm³/mol. The van der Waals surface area contributed by atoms with Crippen LogP contribution in [-0.4, -0.2) is 24.0 Å². The zero-order valence-corrected chi connectivity index (χ0v) is 14.9. The van der Waals surface area contributed by atoms with Crippen LogP contribution in [0, 0.1) is 13.8 Å². The molecule has 4 nitrogen and oxygen atoms in total. The van der Waals surface area contributed by atoms with Crippen LogP contribution in [0.5, 0.6) is 5.88 Å². The molecule has 0 atom stereocenters. The van der Waals surface area contributed by atoms with Crippen molar-refractivity contribution in [2.75, 3.05) is 12.4 Å². The Bertz CT molecular complexity index is 1100. The summed E-state index contributed by atoms with van der Waals surface area (Å²) in [5.74, 6) is -0.117. The molecule has 0 unspecified atom stereocenters. The number of aromatic nitrogens is 1. The fourth-order valence-corrected chi connectivity index (χ4v) is 3.20. The van der Waals surface area contributed by atoms with E-state index in [1.54, 1.807) is 36.4 Å². The summed E-state index contributed by atoms with van der Waals surface area (Å²) in [6, 6.07) is 10.5. The number of rotatable bonds is 1. The topological polar surface area (TPSA) is 46.5 Å². The summed E-state index contributed by atoms with van der Waals surface area (Å²) in [6.07, 6.45) is -4.67. The third kappa shape index (κ3) is 2.79. The number of alkyl halides is 3. The van der Waals surface area contributed by atoms with E-state index in [1.807, 2.05) is 13.8 Å². The van der Waals surface area contributed by atoms with Gasteiger partial charge in [-0.2, -0.15) is 13.2 Å². The first-order chi connectivity index (χ1) is 12.8. The second kappa shape index (κ2) is 5.97. The van der Waals surface area contributed by atoms with Crippen molar-refractivity contribution in [3.63, 3.8) is 0 Å². The molecule has 1 aliphatic heterocycles. The van der Waals surface area contributed by atoms with Crippen molar-refractivity contribution < 1.29 is 17.9 Å². The van der Waals surface area contributed by atoms with Gasteiger partial charge in [0.2, 0.25) is 5.88 Å². The molecule has 0 saturated carbocycles. The maximum Gasteiger partial charge on any atom is 0.434 e. The highest BCUT2D eigenvalue weighted by Gasteiger charge is 2.42. The lowest BCUT2D eigenvalue weighted by Gasteiger charge is -2.18. The number of aliphatic imine (C=N–C) groups is 1. The lowest BCUT2D eigenvalue weighted by molar-refractivity contribution is -0.0580. The third-order valence-corrected chi connectivity index (χ3v) is 4.66. The molecule has 0 aliphatic carbocycles. The SMILES string of the molecule is COc1nc2ccccc2c2c1C(C(F)(F)F)=Nc1cc(C)c(C)cc1N2. The third-order valence-electron chi connectivity index (χ3n) is 4.66. The van der Waals surface area contributed by atoms with E-state index in [0.717, 1.165) is 11.1 Å². The van der Waals surface area contributed by atoms with E-state index in [0.29, 0.717) is 16.6 Å². The molecule has 7 heteroatoms. The lowest BCUT2D eigenvalue weighted by Crippen LogP contribution is -2.25. The molecule has 0 spiro atoms. The predicted octanol–water partition coefficient (Wildman–Crippen LogP) is 5.60. The molecule has 2 aromatic carbocycles. The number of hydrogen-bond donors (Lipinski definition) is 1. The Kier molecular flexibility index (Phi) is 3.83. The van der Waals surface area contributed by atoms with Crippen LogP contribution in [0.4, 0.5) is 30.2 Å². The van der Waals surface area contributed by atoms with E-state index in [1.165, 1.54) is 7.11 Å². The van der Waals surface area contributed by atoms with Gasteiger partial charge in [0.05, 0.1) is 35.3 Å². The normalized spacial score (nSPS) is 13.3. The van der Waals surface area contributed by atoms with Crippen LogP contribution >= 0.6 is 0 Å². The second-order valence-electron chi connectivity index (χ2n) is 6.43. The Hall–Kier alpha value is -3.09. The number of halogens is 3. The first kappa shape index (κ1) is 17.3. The van der Waals surface area contributed by atoms with Gasteiger partial charge in [0, 0.05) is 5.39 Å². The maximum absolute atomic E-state index is 13.9. The molecule has 0 fully saturated rings. The number of pyridine rings is 1. The number of methoxy groups -OCH3 is 1. The summed E-state index contributed by atoms with van der Waals surface area (Å²) < 4.78 is 47.1. The molecular formula is C20H16F3N3O. The van der Waals surface area contributed by atoms with Crippen LogP contribution in [-0.2, 0) is 0 Å². The van der Waals surface area contributed by atoms with Crippen LogP contribution in [0.25, 0.3) is 10.9 Å². The summed E-state index contributed by atoms with van der Waals surface area (Å²) >= 11 is 0. The minimum atomic E-state index is -4.67. The van der Waals surface area contributed by atoms with Crippen molar-refractivity contribution in [3.8, 4) is 5.88 Å². The summed E-state index contributed by atoms with van der Waals surface area (Å²) in [4.78, 5) is 8.25. The number of anilines is 2. The molecule has 2 heterocycles. The smallest absolute Gasteiger partial charge is 0.434 e. The van der Waals surface area contributed by atoms with Gasteiger partial charge in [-0.3, -0.25) is 0 Å². The largest absolute Gasteiger partial charge is 0.480 e. The number of fused-ring (bicyclic) bond motifs is 4. The van der Waals surface area contributed by atoms with E-state index < -0.39 is 11.9 Å². The highest BCUT2D eigenvalue weighted by molar-refractivity contribution is 6.18. The summed E-state index contributed by atoms with van der Waals surface area (Å²) in [5.41, 5.74) is 2.17. The van der Waals surface area contributed by atoms with Crippen molar-refractivity contribution in [1.29, 1.82) is 0 Å². The van der Waals surface area contributed by atoms with Crippen molar-refractivity contribution >= 4 is 33.7 Å². The van der Waals surface area contributed by atoms with Gasteiger partial charge < -0.3 is 10.1 Å². The molecule has 0 amide bonds. The van der Waals surface area contributed by atoms with Gasteiger partial charge in [-0.15, -0.1) is 0 Å². The first-order valence-electron chi connectivity index (χ1n) is 8.31. The summed E-state index contributed by atoms with van der Waals surface area (Å²) in [5, 5.41) is 3.72. The minimum Gasteiger partial charge on any atom is -0.480 e. The number of hydrogen-bond acceptors (Lipinski definition) is 4. The van der Waals surface area contributed by atoms with E-state index in [-0.39, 0.29) is 22.8 Å². The summed E-state index contributed by atoms with van der Waals surface area (Å²) in [6.45, 7) is 3.75. The van der Waals surface area contributed by atoms with Gasteiger partial charge in [0.1, 0.15) is 0 Å². The molecule has 1 aliphatic rings. The zero-order valence-electron chi connectivity index (χ0n) is 14.9. The quantitative estimate of drug-likeness (QED) is 0.606. The molecule has 0 radical (unpaired) electrons. The Morgan fingerprint density at radius 1 is 1.04 bits per heavy atom. The van der Waals surface area contributed by atoms with E-state index in [2.05, 4.69) is 15.3 Å². The fraction of sp³-hybridized carbons (Fsp3) is 0.200. The van der Waals surface area contributed by atoms with Crippen LogP contribution in [0.2, 0.25) is 0 Å². The number of nitrogens with zero attached hydrogens (tertiary/aromatic N) is 2. The van der Waals surface area contributed by atoms with Crippen molar-refractivity contribution in [3.05, 3.63) is 53.1 Å². The van der Waals surface area contributed by atoms with Crippen LogP contribution in [0.1, 0.15) is 16.7 Å². The zero-order chi connectivity index (χ0) is 19.3. The van der Waals surface area contributed by atoms with Crippen molar-refractivity contribution in [2.45, 2.75) is 20.0 Å². The number of aryl methyl sites for hydroxylation is 2. The van der Waals surface area contributed by atoms with E-state index >= 15 is 0 Å². The van der Waals surface area contributed by atoms with Crippen molar-refractivity contribution in [1.82, 2.24) is 4.98 Å². The van der Waals surface area contributed by atoms with Gasteiger partial charge in [0.25, 0.3) is 0 Å².